The Morgan fingerprint density at radius 2 is 2.00 bits per heavy atom. The van der Waals surface area contributed by atoms with Gasteiger partial charge in [0.05, 0.1) is 0 Å². The molecule has 1 aliphatic rings. The normalized spacial score (nSPS) is 24.3. The van der Waals surface area contributed by atoms with E-state index in [-0.39, 0.29) is 0 Å². The van der Waals surface area contributed by atoms with Crippen LogP contribution in [0.25, 0.3) is 0 Å². The lowest BCUT2D eigenvalue weighted by Gasteiger charge is -2.18. The van der Waals surface area contributed by atoms with Crippen LogP contribution in [0.15, 0.2) is 12.1 Å². The third kappa shape index (κ3) is 1.89. The number of rotatable bonds is 2. The van der Waals surface area contributed by atoms with Gasteiger partial charge in [0, 0.05) is 16.1 Å². The van der Waals surface area contributed by atoms with E-state index in [1.807, 2.05) is 12.1 Å². The molecular formula is C12H15Cl2N. The molecule has 1 aliphatic carbocycles. The summed E-state index contributed by atoms with van der Waals surface area (Å²) in [6.45, 7) is 5.31. The highest BCUT2D eigenvalue weighted by Gasteiger charge is 2.32. The van der Waals surface area contributed by atoms with Crippen molar-refractivity contribution in [2.24, 2.45) is 5.92 Å². The molecule has 0 saturated carbocycles. The van der Waals surface area contributed by atoms with Gasteiger partial charge in [0.15, 0.2) is 0 Å². The number of fused-ring (bicyclic) bond motifs is 1. The van der Waals surface area contributed by atoms with Crippen LogP contribution in [0, 0.1) is 5.92 Å². The molecule has 2 unspecified atom stereocenters. The Morgan fingerprint density at radius 3 is 2.67 bits per heavy atom. The predicted octanol–water partition coefficient (Wildman–Crippen LogP) is 3.84. The second-order valence-electron chi connectivity index (χ2n) is 4.14. The highest BCUT2D eigenvalue weighted by molar-refractivity contribution is 6.34. The van der Waals surface area contributed by atoms with E-state index in [1.54, 1.807) is 0 Å². The molecule has 0 aromatic heterocycles. The van der Waals surface area contributed by atoms with E-state index in [9.17, 15) is 0 Å². The van der Waals surface area contributed by atoms with Gasteiger partial charge in [-0.15, -0.1) is 0 Å². The summed E-state index contributed by atoms with van der Waals surface area (Å²) in [6, 6.07) is 4.14. The fourth-order valence-corrected chi connectivity index (χ4v) is 2.94. The molecule has 0 spiro atoms. The van der Waals surface area contributed by atoms with E-state index in [0.29, 0.717) is 12.0 Å². The van der Waals surface area contributed by atoms with Gasteiger partial charge in [-0.3, -0.25) is 0 Å². The van der Waals surface area contributed by atoms with Crippen molar-refractivity contribution in [3.05, 3.63) is 33.3 Å². The van der Waals surface area contributed by atoms with Gasteiger partial charge in [0.25, 0.3) is 0 Å². The predicted molar refractivity (Wildman–Crippen MR) is 65.7 cm³/mol. The van der Waals surface area contributed by atoms with Crippen LogP contribution in [0.1, 0.15) is 31.0 Å². The van der Waals surface area contributed by atoms with Gasteiger partial charge in [-0.1, -0.05) is 37.0 Å². The van der Waals surface area contributed by atoms with Crippen molar-refractivity contribution in [2.45, 2.75) is 26.3 Å². The summed E-state index contributed by atoms with van der Waals surface area (Å²) in [4.78, 5) is 0. The van der Waals surface area contributed by atoms with Crippen LogP contribution in [0.2, 0.25) is 10.0 Å². The standard InChI is InChI=1S/C12H15Cl2N/c1-3-15-12-7(2)6-8-9(13)4-5-10(14)11(8)12/h4-5,7,12,15H,3,6H2,1-2H3. The van der Waals surface area contributed by atoms with E-state index in [1.165, 1.54) is 11.1 Å². The zero-order valence-electron chi connectivity index (χ0n) is 8.98. The van der Waals surface area contributed by atoms with E-state index in [2.05, 4.69) is 19.2 Å². The molecule has 0 fully saturated rings. The molecule has 0 bridgehead atoms. The van der Waals surface area contributed by atoms with E-state index < -0.39 is 0 Å². The largest absolute Gasteiger partial charge is 0.310 e. The topological polar surface area (TPSA) is 12.0 Å². The first-order valence-corrected chi connectivity index (χ1v) is 6.11. The van der Waals surface area contributed by atoms with Crippen LogP contribution in [0.3, 0.4) is 0 Å². The minimum Gasteiger partial charge on any atom is -0.310 e. The maximum absolute atomic E-state index is 6.24. The maximum Gasteiger partial charge on any atom is 0.0457 e. The fraction of sp³-hybridized carbons (Fsp3) is 0.500. The van der Waals surface area contributed by atoms with Crippen molar-refractivity contribution in [3.8, 4) is 0 Å². The van der Waals surface area contributed by atoms with Crippen molar-refractivity contribution in [1.29, 1.82) is 0 Å². The zero-order valence-corrected chi connectivity index (χ0v) is 10.5. The molecule has 0 amide bonds. The Morgan fingerprint density at radius 1 is 1.33 bits per heavy atom. The van der Waals surface area contributed by atoms with Crippen molar-refractivity contribution in [2.75, 3.05) is 6.54 Å². The van der Waals surface area contributed by atoms with Crippen LogP contribution in [0.4, 0.5) is 0 Å². The third-order valence-corrected chi connectivity index (χ3v) is 3.76. The third-order valence-electron chi connectivity index (χ3n) is 3.08. The molecule has 0 heterocycles. The fourth-order valence-electron chi connectivity index (χ4n) is 2.40. The summed E-state index contributed by atoms with van der Waals surface area (Å²) in [5.74, 6) is 0.567. The Hall–Kier alpha value is -0.240. The highest BCUT2D eigenvalue weighted by Crippen LogP contribution is 2.43. The lowest BCUT2D eigenvalue weighted by Crippen LogP contribution is -2.23. The molecule has 2 rings (SSSR count). The Labute approximate surface area is 101 Å². The smallest absolute Gasteiger partial charge is 0.0457 e. The molecule has 15 heavy (non-hydrogen) atoms. The molecule has 2 atom stereocenters. The quantitative estimate of drug-likeness (QED) is 0.833. The summed E-state index contributed by atoms with van der Waals surface area (Å²) in [5.41, 5.74) is 2.43. The molecule has 82 valence electrons. The molecule has 0 aliphatic heterocycles. The van der Waals surface area contributed by atoms with Gasteiger partial charge in [0.1, 0.15) is 0 Å². The minimum absolute atomic E-state index is 0.358. The van der Waals surface area contributed by atoms with Gasteiger partial charge in [-0.05, 0) is 42.1 Å². The molecular weight excluding hydrogens is 229 g/mol. The second-order valence-corrected chi connectivity index (χ2v) is 4.95. The maximum atomic E-state index is 6.24. The monoisotopic (exact) mass is 243 g/mol. The lowest BCUT2D eigenvalue weighted by atomic mass is 10.0. The van der Waals surface area contributed by atoms with Crippen LogP contribution in [-0.2, 0) is 6.42 Å². The van der Waals surface area contributed by atoms with E-state index in [4.69, 9.17) is 23.2 Å². The van der Waals surface area contributed by atoms with Crippen molar-refractivity contribution in [1.82, 2.24) is 5.32 Å². The summed E-state index contributed by atoms with van der Waals surface area (Å²) < 4.78 is 0. The highest BCUT2D eigenvalue weighted by atomic mass is 35.5. The van der Waals surface area contributed by atoms with E-state index in [0.717, 1.165) is 23.0 Å². The zero-order chi connectivity index (χ0) is 11.0. The number of benzene rings is 1. The summed E-state index contributed by atoms with van der Waals surface area (Å²) in [6.07, 6.45) is 1.02. The molecule has 1 N–H and O–H groups in total. The molecule has 1 aromatic carbocycles. The summed E-state index contributed by atoms with van der Waals surface area (Å²) in [5, 5.41) is 5.16. The second kappa shape index (κ2) is 4.32. The van der Waals surface area contributed by atoms with Gasteiger partial charge in [0.2, 0.25) is 0 Å². The average molecular weight is 244 g/mol. The average Bonchev–Trinajstić information content (AvgIpc) is 2.53. The first-order chi connectivity index (χ1) is 7.15. The van der Waals surface area contributed by atoms with Crippen molar-refractivity contribution < 1.29 is 0 Å². The summed E-state index contributed by atoms with van der Waals surface area (Å²) in [7, 11) is 0. The van der Waals surface area contributed by atoms with Gasteiger partial charge in [-0.25, -0.2) is 0 Å². The number of halogens is 2. The first-order valence-electron chi connectivity index (χ1n) is 5.35. The van der Waals surface area contributed by atoms with Crippen LogP contribution in [-0.4, -0.2) is 6.54 Å². The Balaban J connectivity index is 2.47. The molecule has 0 saturated heterocycles. The molecule has 1 nitrogen and oxygen atoms in total. The molecule has 0 radical (unpaired) electrons. The Kier molecular flexibility index (Phi) is 3.24. The van der Waals surface area contributed by atoms with Crippen LogP contribution < -0.4 is 5.32 Å². The number of nitrogens with one attached hydrogen (secondary N) is 1. The van der Waals surface area contributed by atoms with Crippen LogP contribution >= 0.6 is 23.2 Å². The summed E-state index contributed by atoms with van der Waals surface area (Å²) >= 11 is 12.4. The van der Waals surface area contributed by atoms with Crippen molar-refractivity contribution in [3.63, 3.8) is 0 Å². The Bertz CT molecular complexity index is 376. The van der Waals surface area contributed by atoms with Crippen LogP contribution in [0.5, 0.6) is 0 Å². The lowest BCUT2D eigenvalue weighted by molar-refractivity contribution is 0.426. The first kappa shape index (κ1) is 11.3. The SMILES string of the molecule is CCNC1c2c(Cl)ccc(Cl)c2CC1C. The van der Waals surface area contributed by atoms with Gasteiger partial charge >= 0.3 is 0 Å². The number of hydrogen-bond acceptors (Lipinski definition) is 1. The van der Waals surface area contributed by atoms with Gasteiger partial charge in [-0.2, -0.15) is 0 Å². The molecule has 1 aromatic rings. The number of hydrogen-bond donors (Lipinski definition) is 1. The molecule has 3 heteroatoms. The minimum atomic E-state index is 0.358. The van der Waals surface area contributed by atoms with Gasteiger partial charge < -0.3 is 5.32 Å². The van der Waals surface area contributed by atoms with E-state index >= 15 is 0 Å². The van der Waals surface area contributed by atoms with Crippen molar-refractivity contribution >= 4 is 23.2 Å².